The summed E-state index contributed by atoms with van der Waals surface area (Å²) in [5, 5.41) is 7.28. The largest absolute Gasteiger partial charge is 0.384 e. The van der Waals surface area contributed by atoms with Gasteiger partial charge in [0.05, 0.1) is 11.3 Å². The molecule has 3 rings (SSSR count). The molecule has 1 atom stereocenters. The Morgan fingerprint density at radius 1 is 1.33 bits per heavy atom. The quantitative estimate of drug-likeness (QED) is 0.819. The number of nitrogens with one attached hydrogen (secondary N) is 1. The number of amides is 1. The number of benzene rings is 1. The molecule has 146 valence electrons. The van der Waals surface area contributed by atoms with Gasteiger partial charge in [0.15, 0.2) is 0 Å². The number of aromatic nitrogens is 2. The normalized spacial score (nSPS) is 21.7. The lowest BCUT2D eigenvalue weighted by Gasteiger charge is -2.45. The molecule has 0 bridgehead atoms. The highest BCUT2D eigenvalue weighted by Gasteiger charge is 2.41. The molecule has 1 unspecified atom stereocenters. The fourth-order valence-electron chi connectivity index (χ4n) is 4.20. The Morgan fingerprint density at radius 3 is 2.70 bits per heavy atom. The second-order valence-corrected chi connectivity index (χ2v) is 8.15. The van der Waals surface area contributed by atoms with Gasteiger partial charge in [-0.05, 0) is 45.6 Å². The summed E-state index contributed by atoms with van der Waals surface area (Å²) >= 11 is 0. The Balaban J connectivity index is 1.65. The Kier molecular flexibility index (Phi) is 5.56. The first-order valence-electron chi connectivity index (χ1n) is 9.56. The second kappa shape index (κ2) is 7.72. The molecule has 6 heteroatoms. The molecule has 1 amide bonds. The third-order valence-electron chi connectivity index (χ3n) is 5.38. The van der Waals surface area contributed by atoms with Crippen molar-refractivity contribution < 1.29 is 9.53 Å². The molecule has 6 nitrogen and oxygen atoms in total. The zero-order valence-corrected chi connectivity index (χ0v) is 16.5. The van der Waals surface area contributed by atoms with Crippen LogP contribution in [0.3, 0.4) is 0 Å². The number of aryl methyl sites for hydroxylation is 1. The van der Waals surface area contributed by atoms with Gasteiger partial charge in [0.2, 0.25) is 5.91 Å². The predicted molar refractivity (Wildman–Crippen MR) is 106 cm³/mol. The smallest absolute Gasteiger partial charge is 0.241 e. The van der Waals surface area contributed by atoms with Gasteiger partial charge in [0, 0.05) is 24.6 Å². The maximum Gasteiger partial charge on any atom is 0.241 e. The summed E-state index contributed by atoms with van der Waals surface area (Å²) in [4.78, 5) is 12.3. The molecular weight excluding hydrogens is 340 g/mol. The van der Waals surface area contributed by atoms with Crippen LogP contribution in [0.4, 0.5) is 5.82 Å². The van der Waals surface area contributed by atoms with E-state index in [1.165, 1.54) is 10.2 Å². The van der Waals surface area contributed by atoms with Crippen LogP contribution in [0.15, 0.2) is 36.4 Å². The lowest BCUT2D eigenvalue weighted by atomic mass is 9.67. The highest BCUT2D eigenvalue weighted by atomic mass is 16.5. The summed E-state index contributed by atoms with van der Waals surface area (Å²) < 4.78 is 7.49. The van der Waals surface area contributed by atoms with Gasteiger partial charge < -0.3 is 15.8 Å². The van der Waals surface area contributed by atoms with Crippen molar-refractivity contribution in [2.24, 2.45) is 0 Å². The highest BCUT2D eigenvalue weighted by molar-refractivity contribution is 5.76. The third-order valence-corrected chi connectivity index (χ3v) is 5.38. The number of hydrogen-bond acceptors (Lipinski definition) is 4. The van der Waals surface area contributed by atoms with Gasteiger partial charge in [0.1, 0.15) is 12.4 Å². The number of anilines is 1. The van der Waals surface area contributed by atoms with E-state index in [0.29, 0.717) is 12.4 Å². The SMILES string of the molecule is Cc1cc(N)n(CC(=O)NCCC2(c3ccccc3)CCOC(C)(C)C2)n1. The van der Waals surface area contributed by atoms with E-state index in [4.69, 9.17) is 10.5 Å². The standard InChI is InChI=1S/C21H30N4O2/c1-16-13-18(22)25(24-16)14-19(26)23-11-9-21(17-7-5-4-6-8-17)10-12-27-20(2,3)15-21/h4-8,13H,9-12,14-15,22H2,1-3H3,(H,23,26). The van der Waals surface area contributed by atoms with Crippen molar-refractivity contribution in [3.8, 4) is 0 Å². The number of nitrogen functional groups attached to an aromatic ring is 1. The van der Waals surface area contributed by atoms with Crippen LogP contribution in [0.25, 0.3) is 0 Å². The molecule has 0 radical (unpaired) electrons. The van der Waals surface area contributed by atoms with Crippen molar-refractivity contribution >= 4 is 11.7 Å². The van der Waals surface area contributed by atoms with E-state index in [1.54, 1.807) is 6.07 Å². The molecule has 1 saturated heterocycles. The van der Waals surface area contributed by atoms with Crippen molar-refractivity contribution in [3.05, 3.63) is 47.7 Å². The Hall–Kier alpha value is -2.34. The van der Waals surface area contributed by atoms with Crippen LogP contribution >= 0.6 is 0 Å². The summed E-state index contributed by atoms with van der Waals surface area (Å²) in [6.45, 7) is 7.65. The van der Waals surface area contributed by atoms with E-state index < -0.39 is 0 Å². The van der Waals surface area contributed by atoms with Gasteiger partial charge in [-0.15, -0.1) is 0 Å². The van der Waals surface area contributed by atoms with Gasteiger partial charge in [-0.2, -0.15) is 5.10 Å². The van der Waals surface area contributed by atoms with Gasteiger partial charge in [-0.3, -0.25) is 4.79 Å². The monoisotopic (exact) mass is 370 g/mol. The molecule has 0 aliphatic carbocycles. The minimum atomic E-state index is -0.168. The number of carbonyl (C=O) groups excluding carboxylic acids is 1. The highest BCUT2D eigenvalue weighted by Crippen LogP contribution is 2.43. The molecule has 2 heterocycles. The molecule has 1 aliphatic heterocycles. The molecular formula is C21H30N4O2. The van der Waals surface area contributed by atoms with Crippen LogP contribution in [0, 0.1) is 6.92 Å². The topological polar surface area (TPSA) is 82.2 Å². The maximum atomic E-state index is 12.3. The van der Waals surface area contributed by atoms with Crippen molar-refractivity contribution in [2.45, 2.75) is 57.6 Å². The first-order chi connectivity index (χ1) is 12.8. The minimum absolute atomic E-state index is 0.0115. The van der Waals surface area contributed by atoms with Crippen molar-refractivity contribution in [1.29, 1.82) is 0 Å². The van der Waals surface area contributed by atoms with Crippen LogP contribution in [0.2, 0.25) is 0 Å². The van der Waals surface area contributed by atoms with Crippen molar-refractivity contribution in [3.63, 3.8) is 0 Å². The second-order valence-electron chi connectivity index (χ2n) is 8.15. The number of hydrogen-bond donors (Lipinski definition) is 2. The third kappa shape index (κ3) is 4.69. The van der Waals surface area contributed by atoms with Crippen molar-refractivity contribution in [2.75, 3.05) is 18.9 Å². The Morgan fingerprint density at radius 2 is 2.07 bits per heavy atom. The van der Waals surface area contributed by atoms with Crippen LogP contribution in [0.1, 0.15) is 44.4 Å². The Bertz CT molecular complexity index is 785. The number of carbonyl (C=O) groups is 1. The summed E-state index contributed by atoms with van der Waals surface area (Å²) in [6, 6.07) is 12.4. The molecule has 3 N–H and O–H groups in total. The van der Waals surface area contributed by atoms with Gasteiger partial charge in [0.25, 0.3) is 0 Å². The molecule has 0 saturated carbocycles. The molecule has 27 heavy (non-hydrogen) atoms. The van der Waals surface area contributed by atoms with Gasteiger partial charge in [-0.25, -0.2) is 4.68 Å². The van der Waals surface area contributed by atoms with E-state index in [1.807, 2.05) is 13.0 Å². The summed E-state index contributed by atoms with van der Waals surface area (Å²) in [5.74, 6) is 0.439. The minimum Gasteiger partial charge on any atom is -0.384 e. The summed E-state index contributed by atoms with van der Waals surface area (Å²) in [6.07, 6.45) is 2.77. The first-order valence-corrected chi connectivity index (χ1v) is 9.56. The maximum absolute atomic E-state index is 12.3. The van der Waals surface area contributed by atoms with E-state index in [0.717, 1.165) is 31.6 Å². The van der Waals surface area contributed by atoms with E-state index in [2.05, 4.69) is 48.5 Å². The van der Waals surface area contributed by atoms with E-state index in [9.17, 15) is 4.79 Å². The average Bonchev–Trinajstić information content (AvgIpc) is 2.92. The van der Waals surface area contributed by atoms with Gasteiger partial charge in [-0.1, -0.05) is 30.3 Å². The summed E-state index contributed by atoms with van der Waals surface area (Å²) in [7, 11) is 0. The predicted octanol–water partition coefficient (Wildman–Crippen LogP) is 2.81. The van der Waals surface area contributed by atoms with Crippen molar-refractivity contribution in [1.82, 2.24) is 15.1 Å². The first kappa shape index (κ1) is 19.4. The van der Waals surface area contributed by atoms with E-state index in [-0.39, 0.29) is 23.5 Å². The fourth-order valence-corrected chi connectivity index (χ4v) is 4.20. The molecule has 1 aromatic carbocycles. The van der Waals surface area contributed by atoms with E-state index >= 15 is 0 Å². The average molecular weight is 370 g/mol. The number of ether oxygens (including phenoxy) is 1. The zero-order valence-electron chi connectivity index (χ0n) is 16.5. The molecule has 0 spiro atoms. The zero-order chi connectivity index (χ0) is 19.5. The number of nitrogens with zero attached hydrogens (tertiary/aromatic N) is 2. The van der Waals surface area contributed by atoms with Crippen LogP contribution < -0.4 is 11.1 Å². The number of rotatable bonds is 6. The fraction of sp³-hybridized carbons (Fsp3) is 0.524. The molecule has 1 aromatic heterocycles. The molecule has 1 aliphatic rings. The van der Waals surface area contributed by atoms with Crippen LogP contribution in [-0.2, 0) is 21.5 Å². The number of nitrogens with two attached hydrogens (primary N) is 1. The van der Waals surface area contributed by atoms with Gasteiger partial charge >= 0.3 is 0 Å². The Labute approximate surface area is 161 Å². The molecule has 2 aromatic rings. The lowest BCUT2D eigenvalue weighted by molar-refractivity contribution is -0.122. The van der Waals surface area contributed by atoms with Crippen LogP contribution in [0.5, 0.6) is 0 Å². The summed E-state index contributed by atoms with van der Waals surface area (Å²) in [5.41, 5.74) is 7.85. The molecule has 1 fully saturated rings. The lowest BCUT2D eigenvalue weighted by Crippen LogP contribution is -2.45. The van der Waals surface area contributed by atoms with Crippen LogP contribution in [-0.4, -0.2) is 34.4 Å².